The summed E-state index contributed by atoms with van der Waals surface area (Å²) < 4.78 is 22.5. The van der Waals surface area contributed by atoms with E-state index in [1.165, 1.54) is 0 Å². The van der Waals surface area contributed by atoms with Gasteiger partial charge in [0.05, 0.1) is 17.3 Å². The maximum absolute atomic E-state index is 13.4. The minimum atomic E-state index is 0.00479. The van der Waals surface area contributed by atoms with Gasteiger partial charge in [0.25, 0.3) is 5.91 Å². The largest absolute Gasteiger partial charge is 0.489 e. The number of carbonyl (C=O) groups excluding carboxylic acids is 1. The molecular weight excluding hydrogens is 408 g/mol. The summed E-state index contributed by atoms with van der Waals surface area (Å²) in [6, 6.07) is 13.4. The van der Waals surface area contributed by atoms with Crippen molar-refractivity contribution in [1.29, 1.82) is 0 Å². The number of hydrogen-bond donors (Lipinski definition) is 0. The van der Waals surface area contributed by atoms with Gasteiger partial charge in [0.15, 0.2) is 11.5 Å². The van der Waals surface area contributed by atoms with E-state index < -0.39 is 0 Å². The lowest BCUT2D eigenvalue weighted by atomic mass is 10.0. The molecule has 0 radical (unpaired) electrons. The maximum Gasteiger partial charge on any atom is 0.254 e. The molecule has 0 saturated carbocycles. The highest BCUT2D eigenvalue weighted by Gasteiger charge is 2.31. The zero-order valence-electron chi connectivity index (χ0n) is 18.3. The minimum absolute atomic E-state index is 0.00479. The van der Waals surface area contributed by atoms with Crippen LogP contribution in [0.25, 0.3) is 0 Å². The van der Waals surface area contributed by atoms with Crippen molar-refractivity contribution >= 4 is 5.91 Å². The smallest absolute Gasteiger partial charge is 0.254 e. The van der Waals surface area contributed by atoms with Crippen LogP contribution in [0.3, 0.4) is 0 Å². The Kier molecular flexibility index (Phi) is 5.47. The molecule has 1 saturated heterocycles. The molecule has 166 valence electrons. The van der Waals surface area contributed by atoms with Crippen LogP contribution >= 0.6 is 0 Å². The molecule has 32 heavy (non-hydrogen) atoms. The second kappa shape index (κ2) is 8.57. The number of aryl methyl sites for hydroxylation is 2. The molecule has 5 rings (SSSR count). The number of aromatic nitrogens is 1. The minimum Gasteiger partial charge on any atom is -0.489 e. The molecule has 0 unspecified atom stereocenters. The van der Waals surface area contributed by atoms with E-state index in [1.54, 1.807) is 6.07 Å². The normalized spacial score (nSPS) is 17.4. The first-order valence-corrected chi connectivity index (χ1v) is 11.0. The highest BCUT2D eigenvalue weighted by atomic mass is 16.6. The first-order valence-electron chi connectivity index (χ1n) is 11.0. The lowest BCUT2D eigenvalue weighted by molar-refractivity contribution is 0.0734. The highest BCUT2D eigenvalue weighted by Crippen LogP contribution is 2.38. The van der Waals surface area contributed by atoms with E-state index in [0.717, 1.165) is 53.5 Å². The molecule has 2 aliphatic rings. The van der Waals surface area contributed by atoms with E-state index in [2.05, 4.69) is 5.16 Å². The average Bonchev–Trinajstić information content (AvgIpc) is 3.44. The monoisotopic (exact) mass is 434 g/mol. The third-order valence-electron chi connectivity index (χ3n) is 6.11. The van der Waals surface area contributed by atoms with Crippen LogP contribution in [0.15, 0.2) is 47.0 Å². The van der Waals surface area contributed by atoms with Gasteiger partial charge < -0.3 is 23.6 Å². The molecule has 0 bridgehead atoms. The van der Waals surface area contributed by atoms with Crippen LogP contribution in [-0.2, 0) is 6.61 Å². The fourth-order valence-corrected chi connectivity index (χ4v) is 4.37. The Bertz CT molecular complexity index is 1120. The molecule has 2 aliphatic heterocycles. The Morgan fingerprint density at radius 2 is 1.97 bits per heavy atom. The number of benzene rings is 2. The highest BCUT2D eigenvalue weighted by molar-refractivity contribution is 5.95. The quantitative estimate of drug-likeness (QED) is 0.583. The molecule has 3 aromatic rings. The molecule has 1 amide bonds. The number of fused-ring (bicyclic) bond motifs is 1. The molecule has 1 fully saturated rings. The van der Waals surface area contributed by atoms with Crippen LogP contribution in [0.2, 0.25) is 0 Å². The van der Waals surface area contributed by atoms with Crippen molar-refractivity contribution in [2.75, 3.05) is 19.8 Å². The van der Waals surface area contributed by atoms with Gasteiger partial charge in [-0.25, -0.2) is 0 Å². The molecule has 0 N–H and O–H groups in total. The van der Waals surface area contributed by atoms with Gasteiger partial charge >= 0.3 is 0 Å². The standard InChI is InChI=1S/C25H26N2O5/c1-16-21(17(2)32-26-16)15-31-20-6-3-5-19(13-20)25(28)27-10-4-7-22(27)18-8-9-23-24(14-18)30-12-11-29-23/h3,5-6,8-9,13-14,22H,4,7,10-12,15H2,1-2H3/t22-/m1/s1. The van der Waals surface area contributed by atoms with Gasteiger partial charge in [0.1, 0.15) is 31.3 Å². The van der Waals surface area contributed by atoms with Crippen LogP contribution in [0.5, 0.6) is 17.2 Å². The fraction of sp³-hybridized carbons (Fsp3) is 0.360. The lowest BCUT2D eigenvalue weighted by Crippen LogP contribution is -2.30. The van der Waals surface area contributed by atoms with E-state index >= 15 is 0 Å². The summed E-state index contributed by atoms with van der Waals surface area (Å²) in [5.74, 6) is 2.91. The summed E-state index contributed by atoms with van der Waals surface area (Å²) in [4.78, 5) is 15.3. The van der Waals surface area contributed by atoms with Gasteiger partial charge in [-0.1, -0.05) is 17.3 Å². The van der Waals surface area contributed by atoms with Crippen molar-refractivity contribution < 1.29 is 23.5 Å². The number of likely N-dealkylation sites (tertiary alicyclic amines) is 1. The maximum atomic E-state index is 13.4. The summed E-state index contributed by atoms with van der Waals surface area (Å²) in [5, 5.41) is 3.96. The summed E-state index contributed by atoms with van der Waals surface area (Å²) in [7, 11) is 0. The third-order valence-corrected chi connectivity index (χ3v) is 6.11. The number of rotatable bonds is 5. The van der Waals surface area contributed by atoms with Crippen molar-refractivity contribution in [3.63, 3.8) is 0 Å². The fourth-order valence-electron chi connectivity index (χ4n) is 4.37. The van der Waals surface area contributed by atoms with Crippen LogP contribution in [0.1, 0.15) is 51.8 Å². The number of amides is 1. The summed E-state index contributed by atoms with van der Waals surface area (Å²) in [6.45, 7) is 5.94. The van der Waals surface area contributed by atoms with Crippen molar-refractivity contribution in [2.45, 2.75) is 39.3 Å². The Morgan fingerprint density at radius 1 is 1.12 bits per heavy atom. The predicted molar refractivity (Wildman–Crippen MR) is 117 cm³/mol. The molecule has 0 spiro atoms. The van der Waals surface area contributed by atoms with Crippen LogP contribution in [0.4, 0.5) is 0 Å². The van der Waals surface area contributed by atoms with E-state index in [1.807, 2.05) is 55.1 Å². The third kappa shape index (κ3) is 3.90. The zero-order chi connectivity index (χ0) is 22.1. The topological polar surface area (TPSA) is 74.0 Å². The van der Waals surface area contributed by atoms with Gasteiger partial charge in [0, 0.05) is 12.1 Å². The van der Waals surface area contributed by atoms with E-state index in [4.69, 9.17) is 18.7 Å². The number of carbonyl (C=O) groups is 1. The summed E-state index contributed by atoms with van der Waals surface area (Å²) in [6.07, 6.45) is 1.89. The van der Waals surface area contributed by atoms with Gasteiger partial charge in [-0.05, 0) is 62.6 Å². The lowest BCUT2D eigenvalue weighted by Gasteiger charge is -2.27. The van der Waals surface area contributed by atoms with Crippen molar-refractivity contribution in [3.8, 4) is 17.2 Å². The van der Waals surface area contributed by atoms with Gasteiger partial charge in [0.2, 0.25) is 0 Å². The predicted octanol–water partition coefficient (Wildman–Crippen LogP) is 4.62. The SMILES string of the molecule is Cc1noc(C)c1COc1cccc(C(=O)N2CCC[C@@H]2c2ccc3c(c2)OCCO3)c1. The number of nitrogens with zero attached hydrogens (tertiary/aromatic N) is 2. The average molecular weight is 434 g/mol. The summed E-state index contributed by atoms with van der Waals surface area (Å²) in [5.41, 5.74) is 3.44. The molecule has 1 aromatic heterocycles. The van der Waals surface area contributed by atoms with E-state index in [-0.39, 0.29) is 11.9 Å². The Morgan fingerprint density at radius 3 is 2.78 bits per heavy atom. The Balaban J connectivity index is 1.33. The molecule has 3 heterocycles. The molecule has 1 atom stereocenters. The van der Waals surface area contributed by atoms with Crippen molar-refractivity contribution in [2.24, 2.45) is 0 Å². The molecule has 7 nitrogen and oxygen atoms in total. The Hall–Kier alpha value is -3.48. The van der Waals surface area contributed by atoms with Crippen LogP contribution in [0, 0.1) is 13.8 Å². The van der Waals surface area contributed by atoms with Gasteiger partial charge in [-0.15, -0.1) is 0 Å². The van der Waals surface area contributed by atoms with Crippen molar-refractivity contribution in [3.05, 3.63) is 70.6 Å². The van der Waals surface area contributed by atoms with Gasteiger partial charge in [-0.3, -0.25) is 4.79 Å². The first kappa shape index (κ1) is 20.4. The van der Waals surface area contributed by atoms with E-state index in [0.29, 0.717) is 31.1 Å². The zero-order valence-corrected chi connectivity index (χ0v) is 18.3. The molecule has 7 heteroatoms. The first-order chi connectivity index (χ1) is 15.6. The Labute approximate surface area is 186 Å². The molecule has 2 aromatic carbocycles. The van der Waals surface area contributed by atoms with Crippen molar-refractivity contribution in [1.82, 2.24) is 10.1 Å². The second-order valence-electron chi connectivity index (χ2n) is 8.18. The van der Waals surface area contributed by atoms with Crippen LogP contribution in [-0.4, -0.2) is 35.7 Å². The molecule has 0 aliphatic carbocycles. The summed E-state index contributed by atoms with van der Waals surface area (Å²) >= 11 is 0. The van der Waals surface area contributed by atoms with Crippen LogP contribution < -0.4 is 14.2 Å². The van der Waals surface area contributed by atoms with E-state index in [9.17, 15) is 4.79 Å². The number of ether oxygens (including phenoxy) is 3. The molecular formula is C25H26N2O5. The second-order valence-corrected chi connectivity index (χ2v) is 8.18. The number of hydrogen-bond acceptors (Lipinski definition) is 6. The van der Waals surface area contributed by atoms with Gasteiger partial charge in [-0.2, -0.15) is 0 Å².